The zero-order chi connectivity index (χ0) is 33.2. The molecule has 0 spiro atoms. The third-order valence-corrected chi connectivity index (χ3v) is 8.41. The number of phenolic OH excluding ortho intramolecular Hbond substituents is 1. The molecule has 4 aromatic carbocycles. The molecule has 7 aromatic rings. The molecule has 3 heterocycles. The highest BCUT2D eigenvalue weighted by Crippen LogP contribution is 2.38. The van der Waals surface area contributed by atoms with Gasteiger partial charge in [-0.15, -0.1) is 5.10 Å². The Bertz CT molecular complexity index is 2320. The molecule has 11 nitrogen and oxygen atoms in total. The summed E-state index contributed by atoms with van der Waals surface area (Å²) in [4.78, 5) is 32.2. The number of hydrogen-bond donors (Lipinski definition) is 2. The normalized spacial score (nSPS) is 12.5. The van der Waals surface area contributed by atoms with E-state index in [0.29, 0.717) is 33.2 Å². The molecule has 3 aromatic heterocycles. The minimum atomic E-state index is -0.752. The zero-order valence-electron chi connectivity index (χ0n) is 24.9. The highest BCUT2D eigenvalue weighted by molar-refractivity contribution is 6.31. The maximum absolute atomic E-state index is 14.2. The summed E-state index contributed by atoms with van der Waals surface area (Å²) in [6.45, 7) is -0.0330. The smallest absolute Gasteiger partial charge is 0.255 e. The number of nitrogens with one attached hydrogen (secondary N) is 1. The first-order valence-corrected chi connectivity index (χ1v) is 15.5. The Kier molecular flexibility index (Phi) is 8.45. The third-order valence-electron chi connectivity index (χ3n) is 8.00. The van der Waals surface area contributed by atoms with Crippen molar-refractivity contribution < 1.29 is 14.4 Å². The molecule has 238 valence electrons. The molecule has 0 unspecified atom stereocenters. The van der Waals surface area contributed by atoms with Crippen LogP contribution >= 0.6 is 23.2 Å². The number of halogens is 2. The number of fused-ring (bicyclic) bond motifs is 1. The summed E-state index contributed by atoms with van der Waals surface area (Å²) < 4.78 is 8.65. The van der Waals surface area contributed by atoms with Crippen molar-refractivity contribution in [2.24, 2.45) is 0 Å². The number of phenols is 1. The number of aromatic hydroxyl groups is 1. The Morgan fingerprint density at radius 2 is 1.71 bits per heavy atom. The standard InChI is InChI=1S/C35H25Cl2N7O4/c36-22-14-15-27(44-19-31(37)40-42-44)25(16-22)26-17-32(46)43(20-39-26)28(18-38-35(47)23-10-4-6-12-29(23)45)33(21-8-2-1-3-9-21)34-24-11-5-7-13-30(24)48-41-34/h1-17,19-20,28,33,45H,18H2,(H,38,47)/t28-,33+/m1/s1. The molecule has 0 saturated heterocycles. The van der Waals surface area contributed by atoms with Crippen LogP contribution in [0, 0.1) is 0 Å². The van der Waals surface area contributed by atoms with Gasteiger partial charge in [-0.05, 0) is 48.0 Å². The van der Waals surface area contributed by atoms with Crippen LogP contribution in [0.1, 0.15) is 33.6 Å². The van der Waals surface area contributed by atoms with Crippen LogP contribution in [0.4, 0.5) is 0 Å². The molecule has 7 rings (SSSR count). The van der Waals surface area contributed by atoms with E-state index in [4.69, 9.17) is 32.7 Å². The third kappa shape index (κ3) is 6.04. The summed E-state index contributed by atoms with van der Waals surface area (Å²) in [5.41, 5.74) is 3.10. The fourth-order valence-corrected chi connectivity index (χ4v) is 6.07. The highest BCUT2D eigenvalue weighted by Gasteiger charge is 2.32. The van der Waals surface area contributed by atoms with E-state index < -0.39 is 23.4 Å². The number of benzene rings is 4. The van der Waals surface area contributed by atoms with Crippen LogP contribution in [-0.4, -0.2) is 47.3 Å². The lowest BCUT2D eigenvalue weighted by Crippen LogP contribution is -2.38. The molecule has 48 heavy (non-hydrogen) atoms. The Balaban J connectivity index is 1.36. The lowest BCUT2D eigenvalue weighted by molar-refractivity contribution is 0.0943. The molecule has 0 radical (unpaired) electrons. The van der Waals surface area contributed by atoms with Gasteiger partial charge in [-0.1, -0.05) is 88.2 Å². The molecule has 0 aliphatic rings. The lowest BCUT2D eigenvalue weighted by Gasteiger charge is -2.28. The van der Waals surface area contributed by atoms with Crippen LogP contribution in [-0.2, 0) is 0 Å². The number of amides is 1. The molecule has 0 saturated carbocycles. The first-order chi connectivity index (χ1) is 23.4. The van der Waals surface area contributed by atoms with Crippen LogP contribution in [0.5, 0.6) is 5.75 Å². The maximum atomic E-state index is 14.2. The number of rotatable bonds is 9. The fraction of sp³-hybridized carbons (Fsp3) is 0.0857. The average Bonchev–Trinajstić information content (AvgIpc) is 3.73. The molecule has 0 aliphatic carbocycles. The van der Waals surface area contributed by atoms with E-state index in [1.807, 2.05) is 54.6 Å². The van der Waals surface area contributed by atoms with Crippen molar-refractivity contribution in [3.8, 4) is 22.7 Å². The Hall–Kier alpha value is -5.78. The quantitative estimate of drug-likeness (QED) is 0.178. The SMILES string of the molecule is O=C(NC[C@H]([C@H](c1ccccc1)c1noc2ccccc12)n1cnc(-c2cc(Cl)ccc2-n2cc(Cl)nn2)cc1=O)c1ccccc1O. The van der Waals surface area contributed by atoms with Gasteiger partial charge in [0.25, 0.3) is 11.5 Å². The van der Waals surface area contributed by atoms with Crippen molar-refractivity contribution in [1.29, 1.82) is 0 Å². The van der Waals surface area contributed by atoms with E-state index in [-0.39, 0.29) is 23.0 Å². The monoisotopic (exact) mass is 677 g/mol. The van der Waals surface area contributed by atoms with E-state index in [9.17, 15) is 14.7 Å². The summed E-state index contributed by atoms with van der Waals surface area (Å²) in [7, 11) is 0. The number of aromatic nitrogens is 6. The first-order valence-electron chi connectivity index (χ1n) is 14.8. The van der Waals surface area contributed by atoms with Gasteiger partial charge >= 0.3 is 0 Å². The molecule has 0 bridgehead atoms. The summed E-state index contributed by atoms with van der Waals surface area (Å²) in [5.74, 6) is -1.26. The van der Waals surface area contributed by atoms with Crippen LogP contribution < -0.4 is 10.9 Å². The van der Waals surface area contributed by atoms with Crippen molar-refractivity contribution in [3.05, 3.63) is 153 Å². The van der Waals surface area contributed by atoms with E-state index in [1.54, 1.807) is 30.3 Å². The molecular formula is C35H25Cl2N7O4. The average molecular weight is 679 g/mol. The van der Waals surface area contributed by atoms with Crippen molar-refractivity contribution in [2.45, 2.75) is 12.0 Å². The van der Waals surface area contributed by atoms with E-state index in [2.05, 4.69) is 20.8 Å². The molecule has 0 aliphatic heterocycles. The first kappa shape index (κ1) is 30.9. The van der Waals surface area contributed by atoms with E-state index >= 15 is 0 Å². The van der Waals surface area contributed by atoms with Crippen LogP contribution in [0.2, 0.25) is 10.2 Å². The molecule has 1 amide bonds. The van der Waals surface area contributed by atoms with Gasteiger partial charge in [-0.3, -0.25) is 14.2 Å². The van der Waals surface area contributed by atoms with Gasteiger partial charge in [-0.25, -0.2) is 9.67 Å². The predicted octanol–water partition coefficient (Wildman–Crippen LogP) is 6.45. The van der Waals surface area contributed by atoms with Gasteiger partial charge in [0.1, 0.15) is 11.4 Å². The Labute approximate surface area is 283 Å². The van der Waals surface area contributed by atoms with Crippen LogP contribution in [0.3, 0.4) is 0 Å². The number of para-hydroxylation sites is 2. The largest absolute Gasteiger partial charge is 0.507 e. The Morgan fingerprint density at radius 3 is 2.48 bits per heavy atom. The van der Waals surface area contributed by atoms with E-state index in [0.717, 1.165) is 10.9 Å². The molecule has 2 atom stereocenters. The van der Waals surface area contributed by atoms with Crippen LogP contribution in [0.25, 0.3) is 27.9 Å². The van der Waals surface area contributed by atoms with Crippen molar-refractivity contribution in [3.63, 3.8) is 0 Å². The van der Waals surface area contributed by atoms with Gasteiger partial charge in [0.15, 0.2) is 10.7 Å². The number of nitrogens with zero attached hydrogens (tertiary/aromatic N) is 6. The second-order valence-electron chi connectivity index (χ2n) is 10.9. The molecule has 2 N–H and O–H groups in total. The van der Waals surface area contributed by atoms with Crippen LogP contribution in [0.15, 0.2) is 125 Å². The van der Waals surface area contributed by atoms with E-state index in [1.165, 1.54) is 40.0 Å². The summed E-state index contributed by atoms with van der Waals surface area (Å²) in [5, 5.41) is 27.0. The van der Waals surface area contributed by atoms with Gasteiger partial charge in [0.05, 0.1) is 41.4 Å². The van der Waals surface area contributed by atoms with Crippen molar-refractivity contribution in [2.75, 3.05) is 6.54 Å². The summed E-state index contributed by atoms with van der Waals surface area (Å²) in [6, 6.07) is 29.0. The number of hydrogen-bond acceptors (Lipinski definition) is 8. The van der Waals surface area contributed by atoms with Gasteiger partial charge in [-0.2, -0.15) is 0 Å². The number of carbonyl (C=O) groups excluding carboxylic acids is 1. The molecular weight excluding hydrogens is 653 g/mol. The second-order valence-corrected chi connectivity index (χ2v) is 11.7. The fourth-order valence-electron chi connectivity index (χ4n) is 5.77. The maximum Gasteiger partial charge on any atom is 0.255 e. The van der Waals surface area contributed by atoms with Gasteiger partial charge < -0.3 is 14.9 Å². The topological polar surface area (TPSA) is 141 Å². The lowest BCUT2D eigenvalue weighted by atomic mass is 9.86. The predicted molar refractivity (Wildman–Crippen MR) is 181 cm³/mol. The summed E-state index contributed by atoms with van der Waals surface area (Å²) >= 11 is 12.4. The molecule has 0 fully saturated rings. The highest BCUT2D eigenvalue weighted by atomic mass is 35.5. The molecule has 13 heteroatoms. The second kappa shape index (κ2) is 13.1. The Morgan fingerprint density at radius 1 is 0.938 bits per heavy atom. The minimum absolute atomic E-state index is 0.0330. The van der Waals surface area contributed by atoms with Crippen molar-refractivity contribution >= 4 is 40.1 Å². The zero-order valence-corrected chi connectivity index (χ0v) is 26.5. The van der Waals surface area contributed by atoms with Gasteiger partial charge in [0, 0.05) is 28.6 Å². The number of carbonyl (C=O) groups is 1. The van der Waals surface area contributed by atoms with Crippen molar-refractivity contribution in [1.82, 2.24) is 35.0 Å². The minimum Gasteiger partial charge on any atom is -0.507 e. The van der Waals surface area contributed by atoms with Gasteiger partial charge in [0.2, 0.25) is 0 Å². The summed E-state index contributed by atoms with van der Waals surface area (Å²) in [6.07, 6.45) is 2.97.